The third kappa shape index (κ3) is 5.05. The number of alkyl halides is 2. The number of benzene rings is 2. The van der Waals surface area contributed by atoms with Crippen LogP contribution in [0.2, 0.25) is 5.02 Å². The van der Waals surface area contributed by atoms with E-state index in [1.165, 1.54) is 5.56 Å². The Labute approximate surface area is 175 Å². The van der Waals surface area contributed by atoms with Crippen LogP contribution in [0.15, 0.2) is 54.7 Å². The average molecular weight is 423 g/mol. The smallest absolute Gasteiger partial charge is 0.0737 e. The summed E-state index contributed by atoms with van der Waals surface area (Å²) >= 11 is 18.0. The molecule has 142 valence electrons. The third-order valence-electron chi connectivity index (χ3n) is 4.64. The standard InChI is InChI=1S/C21H22Cl3N3/c1-15(27(11-8-22)12-9-23)16-3-2-4-18(13-16)26-20-7-10-25-21-14-17(24)5-6-19(20)21/h2-7,10,13-15H,8-9,11-12H2,1H3,(H,25,26)/t15-/m1/s1. The molecule has 0 amide bonds. The van der Waals surface area contributed by atoms with E-state index >= 15 is 0 Å². The Hall–Kier alpha value is -1.52. The normalized spacial score (nSPS) is 12.5. The van der Waals surface area contributed by atoms with Crippen LogP contribution in [0.1, 0.15) is 18.5 Å². The van der Waals surface area contributed by atoms with E-state index in [-0.39, 0.29) is 6.04 Å². The lowest BCUT2D eigenvalue weighted by atomic mass is 10.1. The molecule has 0 saturated heterocycles. The molecule has 1 atom stereocenters. The van der Waals surface area contributed by atoms with Crippen molar-refractivity contribution in [1.82, 2.24) is 9.88 Å². The monoisotopic (exact) mass is 421 g/mol. The van der Waals surface area contributed by atoms with E-state index in [1.54, 1.807) is 6.20 Å². The summed E-state index contributed by atoms with van der Waals surface area (Å²) < 4.78 is 0. The van der Waals surface area contributed by atoms with Gasteiger partial charge < -0.3 is 5.32 Å². The van der Waals surface area contributed by atoms with E-state index in [0.717, 1.165) is 35.4 Å². The zero-order chi connectivity index (χ0) is 19.2. The zero-order valence-electron chi connectivity index (χ0n) is 15.1. The number of hydrogen-bond donors (Lipinski definition) is 1. The van der Waals surface area contributed by atoms with Gasteiger partial charge in [0, 0.05) is 58.9 Å². The van der Waals surface area contributed by atoms with E-state index < -0.39 is 0 Å². The molecule has 0 bridgehead atoms. The quantitative estimate of drug-likeness (QED) is 0.421. The van der Waals surface area contributed by atoms with Crippen LogP contribution in [0.25, 0.3) is 10.9 Å². The van der Waals surface area contributed by atoms with Crippen LogP contribution in [0, 0.1) is 0 Å². The Morgan fingerprint density at radius 1 is 1.04 bits per heavy atom. The van der Waals surface area contributed by atoms with Crippen molar-refractivity contribution in [3.63, 3.8) is 0 Å². The number of anilines is 2. The van der Waals surface area contributed by atoms with Crippen molar-refractivity contribution in [2.24, 2.45) is 0 Å². The second-order valence-corrected chi connectivity index (χ2v) is 7.55. The van der Waals surface area contributed by atoms with E-state index in [4.69, 9.17) is 34.8 Å². The largest absolute Gasteiger partial charge is 0.355 e. The third-order valence-corrected chi connectivity index (χ3v) is 5.22. The minimum absolute atomic E-state index is 0.234. The van der Waals surface area contributed by atoms with E-state index in [9.17, 15) is 0 Å². The number of pyridine rings is 1. The summed E-state index contributed by atoms with van der Waals surface area (Å²) in [5.41, 5.74) is 4.11. The van der Waals surface area contributed by atoms with Crippen molar-refractivity contribution < 1.29 is 0 Å². The molecule has 0 aliphatic carbocycles. The number of hydrogen-bond acceptors (Lipinski definition) is 3. The highest BCUT2D eigenvalue weighted by molar-refractivity contribution is 6.31. The van der Waals surface area contributed by atoms with Crippen LogP contribution in [0.4, 0.5) is 11.4 Å². The van der Waals surface area contributed by atoms with Crippen molar-refractivity contribution in [2.75, 3.05) is 30.2 Å². The molecule has 1 aromatic heterocycles. The van der Waals surface area contributed by atoms with Gasteiger partial charge in [-0.15, -0.1) is 23.2 Å². The van der Waals surface area contributed by atoms with Crippen LogP contribution >= 0.6 is 34.8 Å². The molecule has 0 radical (unpaired) electrons. The highest BCUT2D eigenvalue weighted by atomic mass is 35.5. The Bertz CT molecular complexity index is 895. The molecular formula is C21H22Cl3N3. The molecular weight excluding hydrogens is 401 g/mol. The predicted molar refractivity (Wildman–Crippen MR) is 118 cm³/mol. The SMILES string of the molecule is C[C@H](c1cccc(Nc2ccnc3cc(Cl)ccc23)c1)N(CCCl)CCCl. The van der Waals surface area contributed by atoms with Crippen molar-refractivity contribution >= 4 is 57.1 Å². The van der Waals surface area contributed by atoms with Crippen LogP contribution in [0.5, 0.6) is 0 Å². The first-order valence-electron chi connectivity index (χ1n) is 8.89. The van der Waals surface area contributed by atoms with Gasteiger partial charge >= 0.3 is 0 Å². The van der Waals surface area contributed by atoms with Gasteiger partial charge in [-0.2, -0.15) is 0 Å². The topological polar surface area (TPSA) is 28.2 Å². The van der Waals surface area contributed by atoms with Gasteiger partial charge in [-0.1, -0.05) is 23.7 Å². The molecule has 0 fully saturated rings. The van der Waals surface area contributed by atoms with E-state index in [2.05, 4.69) is 46.4 Å². The van der Waals surface area contributed by atoms with Gasteiger partial charge in [0.05, 0.1) is 5.52 Å². The molecule has 1 N–H and O–H groups in total. The molecule has 0 saturated carbocycles. The van der Waals surface area contributed by atoms with Gasteiger partial charge in [-0.05, 0) is 48.9 Å². The summed E-state index contributed by atoms with van der Waals surface area (Å²) in [5.74, 6) is 1.18. The maximum Gasteiger partial charge on any atom is 0.0737 e. The lowest BCUT2D eigenvalue weighted by Crippen LogP contribution is -2.30. The summed E-state index contributed by atoms with van der Waals surface area (Å²) in [6, 6.07) is 16.4. The first-order chi connectivity index (χ1) is 13.1. The molecule has 2 aromatic carbocycles. The van der Waals surface area contributed by atoms with E-state index in [0.29, 0.717) is 16.8 Å². The van der Waals surface area contributed by atoms with Gasteiger partial charge in [-0.3, -0.25) is 9.88 Å². The van der Waals surface area contributed by atoms with Crippen LogP contribution in [0.3, 0.4) is 0 Å². The summed E-state index contributed by atoms with van der Waals surface area (Å²) in [5, 5.41) is 5.23. The minimum atomic E-state index is 0.234. The van der Waals surface area contributed by atoms with Crippen molar-refractivity contribution in [1.29, 1.82) is 0 Å². The van der Waals surface area contributed by atoms with E-state index in [1.807, 2.05) is 24.3 Å². The molecule has 3 nitrogen and oxygen atoms in total. The van der Waals surface area contributed by atoms with Crippen LogP contribution < -0.4 is 5.32 Å². The first kappa shape index (κ1) is 20.2. The number of rotatable bonds is 8. The predicted octanol–water partition coefficient (Wildman–Crippen LogP) is 6.47. The number of nitrogens with zero attached hydrogens (tertiary/aromatic N) is 2. The number of halogens is 3. The molecule has 3 rings (SSSR count). The number of nitrogens with one attached hydrogen (secondary N) is 1. The maximum absolute atomic E-state index is 6.08. The van der Waals surface area contributed by atoms with Crippen molar-refractivity contribution in [2.45, 2.75) is 13.0 Å². The second-order valence-electron chi connectivity index (χ2n) is 6.36. The van der Waals surface area contributed by atoms with Crippen LogP contribution in [-0.4, -0.2) is 34.7 Å². The molecule has 0 aliphatic rings. The molecule has 0 spiro atoms. The summed E-state index contributed by atoms with van der Waals surface area (Å²) in [7, 11) is 0. The second kappa shape index (κ2) is 9.61. The molecule has 3 aromatic rings. The zero-order valence-corrected chi connectivity index (χ0v) is 17.4. The number of aromatic nitrogens is 1. The Morgan fingerprint density at radius 3 is 2.56 bits per heavy atom. The molecule has 27 heavy (non-hydrogen) atoms. The Balaban J connectivity index is 1.86. The van der Waals surface area contributed by atoms with Gasteiger partial charge in [0.2, 0.25) is 0 Å². The van der Waals surface area contributed by atoms with Gasteiger partial charge in [0.1, 0.15) is 0 Å². The Morgan fingerprint density at radius 2 is 1.81 bits per heavy atom. The fourth-order valence-corrected chi connectivity index (χ4v) is 3.79. The van der Waals surface area contributed by atoms with Gasteiger partial charge in [0.25, 0.3) is 0 Å². The van der Waals surface area contributed by atoms with Crippen molar-refractivity contribution in [3.8, 4) is 0 Å². The highest BCUT2D eigenvalue weighted by Crippen LogP contribution is 2.29. The highest BCUT2D eigenvalue weighted by Gasteiger charge is 2.15. The van der Waals surface area contributed by atoms with Gasteiger partial charge in [0.15, 0.2) is 0 Å². The first-order valence-corrected chi connectivity index (χ1v) is 10.3. The molecule has 6 heteroatoms. The molecule has 0 unspecified atom stereocenters. The summed E-state index contributed by atoms with van der Waals surface area (Å²) in [6.07, 6.45) is 1.79. The fourth-order valence-electron chi connectivity index (χ4n) is 3.19. The lowest BCUT2D eigenvalue weighted by molar-refractivity contribution is 0.237. The van der Waals surface area contributed by atoms with Gasteiger partial charge in [-0.25, -0.2) is 0 Å². The molecule has 1 heterocycles. The van der Waals surface area contributed by atoms with Crippen molar-refractivity contribution in [3.05, 3.63) is 65.3 Å². The number of fused-ring (bicyclic) bond motifs is 1. The Kier molecular flexibility index (Phi) is 7.20. The average Bonchev–Trinajstić information content (AvgIpc) is 2.67. The lowest BCUT2D eigenvalue weighted by Gasteiger charge is -2.28. The fraction of sp³-hybridized carbons (Fsp3) is 0.286. The summed E-state index contributed by atoms with van der Waals surface area (Å²) in [4.78, 5) is 6.69. The minimum Gasteiger partial charge on any atom is -0.355 e. The maximum atomic E-state index is 6.08. The molecule has 0 aliphatic heterocycles. The summed E-state index contributed by atoms with van der Waals surface area (Å²) in [6.45, 7) is 3.80. The van der Waals surface area contributed by atoms with Crippen LogP contribution in [-0.2, 0) is 0 Å².